The molecule has 0 saturated carbocycles. The fraction of sp³-hybridized carbons (Fsp3) is 0.308. The highest BCUT2D eigenvalue weighted by Crippen LogP contribution is 2.10. The van der Waals surface area contributed by atoms with Crippen LogP contribution in [0.15, 0.2) is 43.0 Å². The van der Waals surface area contributed by atoms with Crippen LogP contribution in [0.25, 0.3) is 0 Å². The number of amides is 1. The summed E-state index contributed by atoms with van der Waals surface area (Å²) in [7, 11) is 0. The van der Waals surface area contributed by atoms with Crippen molar-refractivity contribution < 1.29 is 4.79 Å². The number of nitrogens with one attached hydrogen (secondary N) is 2. The van der Waals surface area contributed by atoms with Gasteiger partial charge in [-0.15, -0.1) is 6.58 Å². The SMILES string of the molecule is C=CCNCC(=O)NC(C)c1ccccc1. The van der Waals surface area contributed by atoms with E-state index in [9.17, 15) is 4.79 Å². The zero-order valence-corrected chi connectivity index (χ0v) is 9.57. The van der Waals surface area contributed by atoms with Crippen LogP contribution in [-0.4, -0.2) is 19.0 Å². The van der Waals surface area contributed by atoms with Gasteiger partial charge in [-0.1, -0.05) is 36.4 Å². The van der Waals surface area contributed by atoms with Gasteiger partial charge in [0.15, 0.2) is 0 Å². The lowest BCUT2D eigenvalue weighted by Crippen LogP contribution is -2.35. The summed E-state index contributed by atoms with van der Waals surface area (Å²) in [6.07, 6.45) is 1.73. The van der Waals surface area contributed by atoms with Gasteiger partial charge in [0.2, 0.25) is 5.91 Å². The first-order valence-corrected chi connectivity index (χ1v) is 5.40. The summed E-state index contributed by atoms with van der Waals surface area (Å²) in [6.45, 7) is 6.51. The summed E-state index contributed by atoms with van der Waals surface area (Å²) < 4.78 is 0. The van der Waals surface area contributed by atoms with Crippen molar-refractivity contribution in [3.63, 3.8) is 0 Å². The Balaban J connectivity index is 2.36. The first-order valence-electron chi connectivity index (χ1n) is 5.40. The molecule has 0 bridgehead atoms. The molecule has 0 fully saturated rings. The number of carbonyl (C=O) groups is 1. The first-order chi connectivity index (χ1) is 7.74. The van der Waals surface area contributed by atoms with Crippen molar-refractivity contribution in [2.75, 3.05) is 13.1 Å². The Morgan fingerprint density at radius 3 is 2.75 bits per heavy atom. The average molecular weight is 218 g/mol. The van der Waals surface area contributed by atoms with Crippen LogP contribution in [0.3, 0.4) is 0 Å². The summed E-state index contributed by atoms with van der Waals surface area (Å²) in [6, 6.07) is 9.94. The molecule has 0 saturated heterocycles. The van der Waals surface area contributed by atoms with Crippen LogP contribution in [0, 0.1) is 0 Å². The van der Waals surface area contributed by atoms with E-state index in [-0.39, 0.29) is 11.9 Å². The Morgan fingerprint density at radius 1 is 1.44 bits per heavy atom. The molecule has 16 heavy (non-hydrogen) atoms. The molecule has 0 radical (unpaired) electrons. The van der Waals surface area contributed by atoms with Crippen LogP contribution < -0.4 is 10.6 Å². The minimum atomic E-state index is -0.00166. The smallest absolute Gasteiger partial charge is 0.234 e. The molecule has 86 valence electrons. The molecule has 3 heteroatoms. The molecular formula is C13H18N2O. The van der Waals surface area contributed by atoms with Crippen molar-refractivity contribution in [3.05, 3.63) is 48.6 Å². The average Bonchev–Trinajstić information content (AvgIpc) is 2.30. The fourth-order valence-corrected chi connectivity index (χ4v) is 1.41. The Labute approximate surface area is 96.6 Å². The molecule has 1 unspecified atom stereocenters. The third-order valence-electron chi connectivity index (χ3n) is 2.25. The van der Waals surface area contributed by atoms with Gasteiger partial charge in [0, 0.05) is 6.54 Å². The minimum Gasteiger partial charge on any atom is -0.348 e. The molecule has 0 heterocycles. The van der Waals surface area contributed by atoms with E-state index in [1.165, 1.54) is 0 Å². The molecule has 0 aliphatic rings. The first kappa shape index (κ1) is 12.5. The highest BCUT2D eigenvalue weighted by Gasteiger charge is 2.07. The number of benzene rings is 1. The summed E-state index contributed by atoms with van der Waals surface area (Å²) >= 11 is 0. The van der Waals surface area contributed by atoms with Crippen LogP contribution >= 0.6 is 0 Å². The van der Waals surface area contributed by atoms with E-state index in [1.54, 1.807) is 6.08 Å². The Bertz CT molecular complexity index is 335. The van der Waals surface area contributed by atoms with Gasteiger partial charge in [-0.25, -0.2) is 0 Å². The maximum absolute atomic E-state index is 11.5. The topological polar surface area (TPSA) is 41.1 Å². The van der Waals surface area contributed by atoms with E-state index >= 15 is 0 Å². The molecule has 1 aromatic carbocycles. The quantitative estimate of drug-likeness (QED) is 0.563. The molecule has 1 atom stereocenters. The zero-order chi connectivity index (χ0) is 11.8. The van der Waals surface area contributed by atoms with Crippen molar-refractivity contribution in [1.82, 2.24) is 10.6 Å². The maximum atomic E-state index is 11.5. The largest absolute Gasteiger partial charge is 0.348 e. The van der Waals surface area contributed by atoms with E-state index < -0.39 is 0 Å². The molecule has 1 aromatic rings. The van der Waals surface area contributed by atoms with Gasteiger partial charge in [0.05, 0.1) is 12.6 Å². The molecular weight excluding hydrogens is 200 g/mol. The summed E-state index contributed by atoms with van der Waals surface area (Å²) in [5.41, 5.74) is 1.11. The number of rotatable bonds is 6. The van der Waals surface area contributed by atoms with Gasteiger partial charge in [0.1, 0.15) is 0 Å². The zero-order valence-electron chi connectivity index (χ0n) is 9.57. The fourth-order valence-electron chi connectivity index (χ4n) is 1.41. The maximum Gasteiger partial charge on any atom is 0.234 e. The highest BCUT2D eigenvalue weighted by atomic mass is 16.1. The van der Waals surface area contributed by atoms with Gasteiger partial charge in [0.25, 0.3) is 0 Å². The number of hydrogen-bond donors (Lipinski definition) is 2. The molecule has 0 aliphatic carbocycles. The molecule has 0 spiro atoms. The van der Waals surface area contributed by atoms with Crippen LogP contribution in [-0.2, 0) is 4.79 Å². The van der Waals surface area contributed by atoms with Crippen molar-refractivity contribution >= 4 is 5.91 Å². The molecule has 2 N–H and O–H groups in total. The second-order valence-corrected chi connectivity index (χ2v) is 3.62. The monoisotopic (exact) mass is 218 g/mol. The summed E-state index contributed by atoms with van der Waals surface area (Å²) in [4.78, 5) is 11.5. The predicted molar refractivity (Wildman–Crippen MR) is 66.1 cm³/mol. The lowest BCUT2D eigenvalue weighted by molar-refractivity contribution is -0.120. The normalized spacial score (nSPS) is 11.8. The van der Waals surface area contributed by atoms with Crippen molar-refractivity contribution in [3.8, 4) is 0 Å². The number of carbonyl (C=O) groups excluding carboxylic acids is 1. The third kappa shape index (κ3) is 4.28. The van der Waals surface area contributed by atoms with Crippen LogP contribution in [0.2, 0.25) is 0 Å². The minimum absolute atomic E-state index is 0.00166. The van der Waals surface area contributed by atoms with Crippen LogP contribution in [0.4, 0.5) is 0 Å². The lowest BCUT2D eigenvalue weighted by Gasteiger charge is -2.14. The summed E-state index contributed by atoms with van der Waals surface area (Å²) in [5.74, 6) is -0.00166. The van der Waals surface area contributed by atoms with Crippen LogP contribution in [0.1, 0.15) is 18.5 Å². The highest BCUT2D eigenvalue weighted by molar-refractivity contribution is 5.78. The van der Waals surface area contributed by atoms with Crippen molar-refractivity contribution in [1.29, 1.82) is 0 Å². The number of hydrogen-bond acceptors (Lipinski definition) is 2. The standard InChI is InChI=1S/C13H18N2O/c1-3-9-14-10-13(16)15-11(2)12-7-5-4-6-8-12/h3-8,11,14H,1,9-10H2,2H3,(H,15,16). The predicted octanol–water partition coefficient (Wildman–Crippen LogP) is 1.64. The van der Waals surface area contributed by atoms with Crippen molar-refractivity contribution in [2.24, 2.45) is 0 Å². The van der Waals surface area contributed by atoms with Gasteiger partial charge in [-0.3, -0.25) is 4.79 Å². The van der Waals surface area contributed by atoms with Crippen LogP contribution in [0.5, 0.6) is 0 Å². The Morgan fingerprint density at radius 2 is 2.12 bits per heavy atom. The second-order valence-electron chi connectivity index (χ2n) is 3.62. The van der Waals surface area contributed by atoms with Crippen molar-refractivity contribution in [2.45, 2.75) is 13.0 Å². The second kappa shape index (κ2) is 6.80. The lowest BCUT2D eigenvalue weighted by atomic mass is 10.1. The van der Waals surface area contributed by atoms with Gasteiger partial charge in [-0.2, -0.15) is 0 Å². The van der Waals surface area contributed by atoms with E-state index in [1.807, 2.05) is 37.3 Å². The Kier molecular flexibility index (Phi) is 5.29. The van der Waals surface area contributed by atoms with E-state index in [0.29, 0.717) is 13.1 Å². The van der Waals surface area contributed by atoms with E-state index in [4.69, 9.17) is 0 Å². The molecule has 3 nitrogen and oxygen atoms in total. The molecule has 1 amide bonds. The third-order valence-corrected chi connectivity index (χ3v) is 2.25. The van der Waals surface area contributed by atoms with Gasteiger partial charge in [-0.05, 0) is 12.5 Å². The Hall–Kier alpha value is -1.61. The summed E-state index contributed by atoms with van der Waals surface area (Å²) in [5, 5.41) is 5.88. The molecule has 0 aromatic heterocycles. The molecule has 0 aliphatic heterocycles. The van der Waals surface area contributed by atoms with E-state index in [2.05, 4.69) is 17.2 Å². The molecule has 1 rings (SSSR count). The van der Waals surface area contributed by atoms with E-state index in [0.717, 1.165) is 5.56 Å². The van der Waals surface area contributed by atoms with Gasteiger partial charge >= 0.3 is 0 Å². The van der Waals surface area contributed by atoms with Gasteiger partial charge < -0.3 is 10.6 Å².